The monoisotopic (exact) mass is 502 g/mol. The van der Waals surface area contributed by atoms with E-state index >= 15 is 0 Å². The first-order valence-electron chi connectivity index (χ1n) is 14.1. The van der Waals surface area contributed by atoms with Crippen molar-refractivity contribution in [2.45, 2.75) is 91.0 Å². The predicted molar refractivity (Wildman–Crippen MR) is 141 cm³/mol. The van der Waals surface area contributed by atoms with Gasteiger partial charge < -0.3 is 19.5 Å². The molecule has 2 heterocycles. The molecule has 0 unspecified atom stereocenters. The maximum Gasteiger partial charge on any atom is 0.308 e. The van der Waals surface area contributed by atoms with Crippen molar-refractivity contribution in [2.75, 3.05) is 33.0 Å². The van der Waals surface area contributed by atoms with Crippen LogP contribution in [0.15, 0.2) is 18.2 Å². The molecule has 0 saturated carbocycles. The number of nitrogens with zero attached hydrogens (tertiary/aromatic N) is 2. The Bertz CT molecular complexity index is 848. The number of likely N-dealkylation sites (tertiary alicyclic amines) is 1. The number of amides is 1. The lowest BCUT2D eigenvalue weighted by atomic mass is 9.82. The molecule has 0 bridgehead atoms. The summed E-state index contributed by atoms with van der Waals surface area (Å²) in [7, 11) is 0. The number of fused-ring (bicyclic) bond motifs is 1. The van der Waals surface area contributed by atoms with Gasteiger partial charge in [0.25, 0.3) is 0 Å². The Morgan fingerprint density at radius 2 is 1.72 bits per heavy atom. The first-order chi connectivity index (χ1) is 17.4. The minimum Gasteiger partial charge on any atom is -0.481 e. The molecule has 2 aliphatic heterocycles. The van der Waals surface area contributed by atoms with Crippen molar-refractivity contribution in [3.05, 3.63) is 23.8 Å². The summed E-state index contributed by atoms with van der Waals surface area (Å²) in [5, 5.41) is 10.4. The number of aliphatic carboxylic acids is 1. The molecule has 1 aromatic rings. The predicted octanol–water partition coefficient (Wildman–Crippen LogP) is 5.53. The Balaban J connectivity index is 1.86. The van der Waals surface area contributed by atoms with Gasteiger partial charge in [-0.1, -0.05) is 59.4 Å². The molecule has 7 heteroatoms. The highest BCUT2D eigenvalue weighted by Crippen LogP contribution is 2.43. The van der Waals surface area contributed by atoms with Crippen LogP contribution in [0.2, 0.25) is 0 Å². The highest BCUT2D eigenvalue weighted by Gasteiger charge is 2.47. The maximum atomic E-state index is 13.5. The summed E-state index contributed by atoms with van der Waals surface area (Å²) in [6, 6.07) is 5.61. The lowest BCUT2D eigenvalue weighted by Crippen LogP contribution is -2.44. The van der Waals surface area contributed by atoms with Crippen LogP contribution in [0.5, 0.6) is 11.5 Å². The molecule has 0 radical (unpaired) electrons. The number of carbonyl (C=O) groups is 2. The Morgan fingerprint density at radius 1 is 1.06 bits per heavy atom. The molecule has 3 rings (SSSR count). The van der Waals surface area contributed by atoms with Gasteiger partial charge in [-0.25, -0.2) is 0 Å². The standard InChI is InChI=1S/C29H46N2O5/c1-5-9-15-30(16-10-6-2)27(32)19-31-18-23(22-12-14-25-26(17-22)36-20-35-25)28(29(33)34)24(31)13-11-21(7-3)8-4/h12,14,17,21,23-24,28H,5-11,13,15-16,18-20H2,1-4H3,(H,33,34)/t23-,24+,28-/m0/s1. The summed E-state index contributed by atoms with van der Waals surface area (Å²) in [6.45, 7) is 11.3. The van der Waals surface area contributed by atoms with Crippen molar-refractivity contribution >= 4 is 11.9 Å². The van der Waals surface area contributed by atoms with Crippen molar-refractivity contribution in [3.8, 4) is 11.5 Å². The molecular formula is C29H46N2O5. The highest BCUT2D eigenvalue weighted by molar-refractivity contribution is 5.79. The first kappa shape index (κ1) is 28.3. The second-order valence-electron chi connectivity index (χ2n) is 10.4. The highest BCUT2D eigenvalue weighted by atomic mass is 16.7. The van der Waals surface area contributed by atoms with Crippen molar-refractivity contribution in [1.29, 1.82) is 0 Å². The Morgan fingerprint density at radius 3 is 2.33 bits per heavy atom. The Hall–Kier alpha value is -2.28. The Labute approximate surface area is 217 Å². The SMILES string of the molecule is CCCCN(CCCC)C(=O)CN1C[C@@H](c2ccc3c(c2)OCO3)[C@H](C(=O)O)[C@H]1CCC(CC)CC. The smallest absolute Gasteiger partial charge is 0.308 e. The number of unbranched alkanes of at least 4 members (excludes halogenated alkanes) is 2. The molecule has 7 nitrogen and oxygen atoms in total. The van der Waals surface area contributed by atoms with Gasteiger partial charge in [0.05, 0.1) is 12.5 Å². The lowest BCUT2D eigenvalue weighted by molar-refractivity contribution is -0.144. The van der Waals surface area contributed by atoms with Gasteiger partial charge in [0.2, 0.25) is 12.7 Å². The number of carboxylic acids is 1. The molecule has 1 N–H and O–H groups in total. The number of benzene rings is 1. The van der Waals surface area contributed by atoms with E-state index in [-0.39, 0.29) is 31.2 Å². The molecule has 0 aromatic heterocycles. The van der Waals surface area contributed by atoms with E-state index in [0.29, 0.717) is 24.0 Å². The third-order valence-corrected chi connectivity index (χ3v) is 8.14. The summed E-state index contributed by atoms with van der Waals surface area (Å²) < 4.78 is 11.0. The van der Waals surface area contributed by atoms with E-state index in [0.717, 1.165) is 70.0 Å². The van der Waals surface area contributed by atoms with Crippen LogP contribution in [-0.2, 0) is 9.59 Å². The van der Waals surface area contributed by atoms with Crippen LogP contribution >= 0.6 is 0 Å². The lowest BCUT2D eigenvalue weighted by Gasteiger charge is -2.30. The summed E-state index contributed by atoms with van der Waals surface area (Å²) in [5.41, 5.74) is 0.947. The zero-order valence-electron chi connectivity index (χ0n) is 22.7. The zero-order valence-corrected chi connectivity index (χ0v) is 22.7. The number of hydrogen-bond donors (Lipinski definition) is 1. The average Bonchev–Trinajstić information content (AvgIpc) is 3.49. The average molecular weight is 503 g/mol. The summed E-state index contributed by atoms with van der Waals surface area (Å²) >= 11 is 0. The van der Waals surface area contributed by atoms with Crippen LogP contribution in [0.3, 0.4) is 0 Å². The van der Waals surface area contributed by atoms with Gasteiger partial charge in [0.15, 0.2) is 11.5 Å². The van der Waals surface area contributed by atoms with Crippen LogP contribution in [0.25, 0.3) is 0 Å². The molecule has 1 aromatic carbocycles. The van der Waals surface area contributed by atoms with Gasteiger partial charge in [-0.15, -0.1) is 0 Å². The number of rotatable bonds is 15. The fourth-order valence-corrected chi connectivity index (χ4v) is 5.77. The van der Waals surface area contributed by atoms with E-state index in [1.54, 1.807) is 0 Å². The third-order valence-electron chi connectivity index (χ3n) is 8.14. The fourth-order valence-electron chi connectivity index (χ4n) is 5.77. The topological polar surface area (TPSA) is 79.3 Å². The quantitative estimate of drug-likeness (QED) is 0.340. The normalized spacial score (nSPS) is 21.3. The van der Waals surface area contributed by atoms with Gasteiger partial charge in [0, 0.05) is 31.6 Å². The van der Waals surface area contributed by atoms with Gasteiger partial charge in [-0.05, 0) is 49.3 Å². The Kier molecular flexibility index (Phi) is 10.9. The molecular weight excluding hydrogens is 456 g/mol. The van der Waals surface area contributed by atoms with E-state index < -0.39 is 11.9 Å². The van der Waals surface area contributed by atoms with Crippen molar-refractivity contribution in [2.24, 2.45) is 11.8 Å². The number of hydrogen-bond acceptors (Lipinski definition) is 5. The molecule has 3 atom stereocenters. The van der Waals surface area contributed by atoms with E-state index in [4.69, 9.17) is 9.47 Å². The van der Waals surface area contributed by atoms with E-state index in [1.165, 1.54) is 0 Å². The van der Waals surface area contributed by atoms with E-state index in [1.807, 2.05) is 23.1 Å². The minimum atomic E-state index is -0.781. The summed E-state index contributed by atoms with van der Waals surface area (Å²) in [4.78, 5) is 30.3. The van der Waals surface area contributed by atoms with Crippen LogP contribution in [-0.4, -0.2) is 65.8 Å². The van der Waals surface area contributed by atoms with Gasteiger partial charge in [-0.3, -0.25) is 14.5 Å². The second kappa shape index (κ2) is 13.9. The number of carbonyl (C=O) groups excluding carboxylic acids is 1. The molecule has 2 aliphatic rings. The molecule has 202 valence electrons. The van der Waals surface area contributed by atoms with Gasteiger partial charge in [-0.2, -0.15) is 0 Å². The fraction of sp³-hybridized carbons (Fsp3) is 0.724. The minimum absolute atomic E-state index is 0.125. The number of ether oxygens (including phenoxy) is 2. The van der Waals surface area contributed by atoms with Gasteiger partial charge >= 0.3 is 5.97 Å². The second-order valence-corrected chi connectivity index (χ2v) is 10.4. The van der Waals surface area contributed by atoms with Crippen molar-refractivity contribution in [1.82, 2.24) is 9.80 Å². The summed E-state index contributed by atoms with van der Waals surface area (Å²) in [6.07, 6.45) is 8.03. The molecule has 1 saturated heterocycles. The van der Waals surface area contributed by atoms with Crippen molar-refractivity contribution < 1.29 is 24.2 Å². The van der Waals surface area contributed by atoms with Crippen LogP contribution < -0.4 is 9.47 Å². The molecule has 1 fully saturated rings. The van der Waals surface area contributed by atoms with Crippen LogP contribution in [0.1, 0.15) is 90.5 Å². The first-order valence-corrected chi connectivity index (χ1v) is 14.1. The van der Waals surface area contributed by atoms with Crippen LogP contribution in [0.4, 0.5) is 0 Å². The summed E-state index contributed by atoms with van der Waals surface area (Å²) in [5.74, 6) is 0.528. The van der Waals surface area contributed by atoms with Crippen molar-refractivity contribution in [3.63, 3.8) is 0 Å². The zero-order chi connectivity index (χ0) is 26.1. The molecule has 1 amide bonds. The molecule has 0 spiro atoms. The van der Waals surface area contributed by atoms with Crippen LogP contribution in [0, 0.1) is 11.8 Å². The van der Waals surface area contributed by atoms with Gasteiger partial charge in [0.1, 0.15) is 0 Å². The maximum absolute atomic E-state index is 13.5. The molecule has 0 aliphatic carbocycles. The van der Waals surface area contributed by atoms with E-state index in [2.05, 4.69) is 32.6 Å². The number of carboxylic acid groups (broad SMARTS) is 1. The van der Waals surface area contributed by atoms with E-state index in [9.17, 15) is 14.7 Å². The molecule has 36 heavy (non-hydrogen) atoms. The largest absolute Gasteiger partial charge is 0.481 e. The third kappa shape index (κ3) is 6.93.